The molecule has 1 aromatic heterocycles. The highest BCUT2D eigenvalue weighted by atomic mass is 79.9. The monoisotopic (exact) mass is 780 g/mol. The Morgan fingerprint density at radius 3 is 2.11 bits per heavy atom. The third-order valence-corrected chi connectivity index (χ3v) is 11.5. The van der Waals surface area contributed by atoms with E-state index in [1.807, 2.05) is 25.1 Å². The van der Waals surface area contributed by atoms with Crippen LogP contribution in [0.4, 0.5) is 5.69 Å². The third-order valence-electron chi connectivity index (χ3n) is 8.31. The fourth-order valence-corrected chi connectivity index (χ4v) is 7.47. The molecule has 2 fully saturated rings. The molecule has 224 valence electrons. The first-order valence-corrected chi connectivity index (χ1v) is 16.8. The van der Waals surface area contributed by atoms with Crippen molar-refractivity contribution in [2.45, 2.75) is 42.4 Å². The molecule has 6 rings (SSSR count). The van der Waals surface area contributed by atoms with Crippen LogP contribution in [0.1, 0.15) is 46.0 Å². The largest absolute Gasteiger partial charge is 0.451 e. The smallest absolute Gasteiger partial charge is 0.339 e. The van der Waals surface area contributed by atoms with Crippen LogP contribution in [0.5, 0.6) is 0 Å². The van der Waals surface area contributed by atoms with E-state index in [9.17, 15) is 19.2 Å². The molecular formula is C34H27Br3N2O5. The number of anilines is 1. The summed E-state index contributed by atoms with van der Waals surface area (Å²) in [7, 11) is 0. The predicted molar refractivity (Wildman–Crippen MR) is 179 cm³/mol. The number of esters is 1. The molecule has 7 nitrogen and oxygen atoms in total. The van der Waals surface area contributed by atoms with E-state index in [0.717, 1.165) is 10.0 Å². The summed E-state index contributed by atoms with van der Waals surface area (Å²) in [5.74, 6) is -1.97. The van der Waals surface area contributed by atoms with Crippen LogP contribution in [0.25, 0.3) is 22.2 Å². The van der Waals surface area contributed by atoms with Gasteiger partial charge in [0.15, 0.2) is 6.10 Å². The Hall–Kier alpha value is -3.21. The first kappa shape index (κ1) is 30.8. The van der Waals surface area contributed by atoms with Crippen LogP contribution in [0.15, 0.2) is 77.3 Å². The number of nitrogens with zero attached hydrogens (tertiary/aromatic N) is 2. The molecular weight excluding hydrogens is 756 g/mol. The quantitative estimate of drug-likeness (QED) is 0.0858. The van der Waals surface area contributed by atoms with E-state index in [1.54, 1.807) is 61.5 Å². The van der Waals surface area contributed by atoms with Gasteiger partial charge in [0.05, 0.1) is 34.3 Å². The average Bonchev–Trinajstić information content (AvgIpc) is 3.24. The molecule has 2 heterocycles. The summed E-state index contributed by atoms with van der Waals surface area (Å²) in [6.45, 7) is 3.50. The minimum atomic E-state index is -0.998. The number of carbonyl (C=O) groups is 4. The summed E-state index contributed by atoms with van der Waals surface area (Å²) in [6, 6.07) is 21.2. The first-order chi connectivity index (χ1) is 21.0. The van der Waals surface area contributed by atoms with Crippen molar-refractivity contribution in [3.63, 3.8) is 0 Å². The summed E-state index contributed by atoms with van der Waals surface area (Å²) in [6.07, 6.45) is 0.206. The molecule has 2 amide bonds. The van der Waals surface area contributed by atoms with Gasteiger partial charge in [0, 0.05) is 30.6 Å². The normalized spacial score (nSPS) is 22.2. The summed E-state index contributed by atoms with van der Waals surface area (Å²) in [5.41, 5.74) is 4.03. The van der Waals surface area contributed by atoms with Crippen molar-refractivity contribution in [2.75, 3.05) is 4.90 Å². The Morgan fingerprint density at radius 1 is 0.886 bits per heavy atom. The molecule has 5 atom stereocenters. The number of hydrogen-bond acceptors (Lipinski definition) is 6. The number of aromatic nitrogens is 1. The van der Waals surface area contributed by atoms with E-state index in [2.05, 4.69) is 47.8 Å². The van der Waals surface area contributed by atoms with Crippen LogP contribution >= 0.6 is 47.8 Å². The first-order valence-electron chi connectivity index (χ1n) is 14.2. The number of carbonyl (C=O) groups excluding carboxylic acids is 4. The maximum absolute atomic E-state index is 13.5. The summed E-state index contributed by atoms with van der Waals surface area (Å²) in [4.78, 5) is 59.4. The lowest BCUT2D eigenvalue weighted by Gasteiger charge is -2.29. The number of alkyl halides is 2. The van der Waals surface area contributed by atoms with Crippen LogP contribution in [-0.4, -0.2) is 44.3 Å². The lowest BCUT2D eigenvalue weighted by Crippen LogP contribution is -2.34. The fraction of sp³-hybridized carbons (Fsp3) is 0.265. The summed E-state index contributed by atoms with van der Waals surface area (Å²) >= 11 is 10.7. The number of halogens is 3. The van der Waals surface area contributed by atoms with Crippen molar-refractivity contribution in [2.24, 2.45) is 11.8 Å². The molecule has 44 heavy (non-hydrogen) atoms. The maximum Gasteiger partial charge on any atom is 0.339 e. The highest BCUT2D eigenvalue weighted by Gasteiger charge is 2.52. The van der Waals surface area contributed by atoms with Crippen LogP contribution in [-0.2, 0) is 14.3 Å². The van der Waals surface area contributed by atoms with Crippen molar-refractivity contribution in [1.29, 1.82) is 0 Å². The molecule has 0 radical (unpaired) electrons. The minimum absolute atomic E-state index is 0.132. The van der Waals surface area contributed by atoms with Crippen molar-refractivity contribution in [3.05, 3.63) is 94.0 Å². The lowest BCUT2D eigenvalue weighted by molar-refractivity contribution is -0.122. The van der Waals surface area contributed by atoms with Gasteiger partial charge in [-0.2, -0.15) is 0 Å². The molecule has 0 spiro atoms. The van der Waals surface area contributed by atoms with Gasteiger partial charge in [-0.1, -0.05) is 89.8 Å². The Labute approximate surface area is 279 Å². The van der Waals surface area contributed by atoms with Gasteiger partial charge in [0.2, 0.25) is 17.6 Å². The summed E-state index contributed by atoms with van der Waals surface area (Å²) in [5, 5.41) is 0.575. The number of ether oxygens (including phenoxy) is 1. The SMILES string of the molecule is Cc1ccc(C(=O)C(C)OC(=O)c2cc(-c3ccc(N4C(=O)C5CC(Br)C(Br)CC5C4=O)cc3)nc3ccc(Br)cc23)cc1. The number of Topliss-reactive ketones (excluding diaryl/α,β-unsaturated/α-hetero) is 1. The number of aryl methyl sites for hydroxylation is 1. The highest BCUT2D eigenvalue weighted by molar-refractivity contribution is 9.12. The molecule has 5 unspecified atom stereocenters. The highest BCUT2D eigenvalue weighted by Crippen LogP contribution is 2.44. The summed E-state index contributed by atoms with van der Waals surface area (Å²) < 4.78 is 6.44. The zero-order valence-corrected chi connectivity index (χ0v) is 28.6. The lowest BCUT2D eigenvalue weighted by atomic mass is 9.81. The minimum Gasteiger partial charge on any atom is -0.451 e. The van der Waals surface area contributed by atoms with Gasteiger partial charge < -0.3 is 4.74 Å². The number of ketones is 1. The van der Waals surface area contributed by atoms with Gasteiger partial charge in [-0.3, -0.25) is 19.3 Å². The number of pyridine rings is 1. The standard InChI is InChI=1S/C34H27Br3N2O5/c1-17-3-5-20(6-4-17)31(40)18(2)44-34(43)26-16-30(38-29-12-9-21(35)13-23(26)29)19-7-10-22(11-8-19)39-32(41)24-14-27(36)28(37)15-25(24)33(39)42/h3-13,16,18,24-25,27-28H,14-15H2,1-2H3. The second kappa shape index (κ2) is 12.3. The van der Waals surface area contributed by atoms with E-state index in [1.165, 1.54) is 4.90 Å². The van der Waals surface area contributed by atoms with Gasteiger partial charge in [0.25, 0.3) is 0 Å². The second-order valence-electron chi connectivity index (χ2n) is 11.3. The fourth-order valence-electron chi connectivity index (χ4n) is 5.88. The van der Waals surface area contributed by atoms with Gasteiger partial charge in [-0.25, -0.2) is 9.78 Å². The van der Waals surface area contributed by atoms with Crippen molar-refractivity contribution in [3.8, 4) is 11.3 Å². The van der Waals surface area contributed by atoms with Gasteiger partial charge in [-0.05, 0) is 63.1 Å². The van der Waals surface area contributed by atoms with E-state index in [0.29, 0.717) is 46.3 Å². The number of amides is 2. The van der Waals surface area contributed by atoms with Crippen LogP contribution in [0.2, 0.25) is 0 Å². The molecule has 0 bridgehead atoms. The molecule has 1 saturated carbocycles. The molecule has 1 saturated heterocycles. The maximum atomic E-state index is 13.5. The third kappa shape index (κ3) is 5.79. The molecule has 3 aromatic carbocycles. The molecule has 2 aliphatic rings. The molecule has 1 aliphatic heterocycles. The molecule has 4 aromatic rings. The van der Waals surface area contributed by atoms with Crippen molar-refractivity contribution < 1.29 is 23.9 Å². The Kier molecular flexibility index (Phi) is 8.60. The zero-order valence-electron chi connectivity index (χ0n) is 23.8. The van der Waals surface area contributed by atoms with Crippen LogP contribution in [0.3, 0.4) is 0 Å². The zero-order chi connectivity index (χ0) is 31.3. The Balaban J connectivity index is 1.29. The van der Waals surface area contributed by atoms with Crippen LogP contribution < -0.4 is 4.90 Å². The van der Waals surface area contributed by atoms with E-state index in [4.69, 9.17) is 9.72 Å². The van der Waals surface area contributed by atoms with Crippen LogP contribution in [0, 0.1) is 18.8 Å². The second-order valence-corrected chi connectivity index (χ2v) is 14.5. The predicted octanol–water partition coefficient (Wildman–Crippen LogP) is 7.83. The number of rotatable bonds is 6. The number of hydrogen-bond donors (Lipinski definition) is 0. The molecule has 0 N–H and O–H groups in total. The van der Waals surface area contributed by atoms with E-state index < -0.39 is 12.1 Å². The van der Waals surface area contributed by atoms with E-state index >= 15 is 0 Å². The number of imide groups is 1. The van der Waals surface area contributed by atoms with Crippen molar-refractivity contribution in [1.82, 2.24) is 4.98 Å². The van der Waals surface area contributed by atoms with Gasteiger partial charge in [0.1, 0.15) is 0 Å². The van der Waals surface area contributed by atoms with E-state index in [-0.39, 0.29) is 44.7 Å². The Bertz CT molecular complexity index is 1780. The number of fused-ring (bicyclic) bond motifs is 2. The average molecular weight is 783 g/mol. The molecule has 10 heteroatoms. The van der Waals surface area contributed by atoms with Gasteiger partial charge in [-0.15, -0.1) is 0 Å². The topological polar surface area (TPSA) is 93.6 Å². The van der Waals surface area contributed by atoms with Gasteiger partial charge >= 0.3 is 5.97 Å². The number of benzene rings is 3. The van der Waals surface area contributed by atoms with Crippen molar-refractivity contribution >= 4 is 87.9 Å². The molecule has 1 aliphatic carbocycles. The Morgan fingerprint density at radius 2 is 1.50 bits per heavy atom.